The first kappa shape index (κ1) is 11.0. The van der Waals surface area contributed by atoms with Gasteiger partial charge >= 0.3 is 0 Å². The summed E-state index contributed by atoms with van der Waals surface area (Å²) < 4.78 is 0. The van der Waals surface area contributed by atoms with Crippen molar-refractivity contribution in [1.29, 1.82) is 0 Å². The highest BCUT2D eigenvalue weighted by atomic mass is 16.2. The average molecular weight is 181 g/mol. The van der Waals surface area contributed by atoms with Crippen molar-refractivity contribution in [3.63, 3.8) is 0 Å². The first-order chi connectivity index (χ1) is 6.31. The second-order valence-electron chi connectivity index (χ2n) is 1.94. The molecule has 0 saturated carbocycles. The van der Waals surface area contributed by atoms with Crippen LogP contribution in [0.2, 0.25) is 0 Å². The van der Waals surface area contributed by atoms with Crippen molar-refractivity contribution < 1.29 is 9.59 Å². The summed E-state index contributed by atoms with van der Waals surface area (Å²) in [5, 5.41) is 0. The number of nitrogens with two attached hydrogens (primary N) is 1. The summed E-state index contributed by atoms with van der Waals surface area (Å²) in [6, 6.07) is 9.49. The van der Waals surface area contributed by atoms with E-state index in [1.54, 1.807) is 0 Å². The van der Waals surface area contributed by atoms with Crippen molar-refractivity contribution in [1.82, 2.24) is 10.9 Å². The molecule has 0 atom stereocenters. The summed E-state index contributed by atoms with van der Waals surface area (Å²) in [6.45, 7) is 0. The number of rotatable bonds is 3. The lowest BCUT2D eigenvalue weighted by molar-refractivity contribution is -0.116. The molecule has 0 saturated heterocycles. The number of amides is 2. The molecule has 4 N–H and O–H groups in total. The van der Waals surface area contributed by atoms with E-state index >= 15 is 0 Å². The van der Waals surface area contributed by atoms with Crippen LogP contribution in [0.5, 0.6) is 0 Å². The Morgan fingerprint density at radius 3 is 1.69 bits per heavy atom. The molecule has 5 heteroatoms. The maximum Gasteiger partial charge on any atom is 0.225 e. The monoisotopic (exact) mass is 181 g/mol. The molecule has 2 amide bonds. The van der Waals surface area contributed by atoms with Crippen LogP contribution >= 0.6 is 0 Å². The van der Waals surface area contributed by atoms with Gasteiger partial charge in [-0.1, -0.05) is 18.2 Å². The van der Waals surface area contributed by atoms with Crippen LogP contribution in [0.4, 0.5) is 5.69 Å². The summed E-state index contributed by atoms with van der Waals surface area (Å²) in [4.78, 5) is 18.5. The Labute approximate surface area is 75.9 Å². The number of hydrazine groups is 1. The fourth-order valence-electron chi connectivity index (χ4n) is 0.521. The van der Waals surface area contributed by atoms with Crippen molar-refractivity contribution in [2.24, 2.45) is 0 Å². The van der Waals surface area contributed by atoms with Crippen LogP contribution in [0.1, 0.15) is 0 Å². The second-order valence-corrected chi connectivity index (χ2v) is 1.94. The van der Waals surface area contributed by atoms with Crippen LogP contribution in [-0.4, -0.2) is 12.8 Å². The Kier molecular flexibility index (Phi) is 6.80. The predicted molar refractivity (Wildman–Crippen MR) is 49.3 cm³/mol. The standard InChI is InChI=1S/C6H7N.C2H4N2O2/c7-6-4-2-1-3-5-6;5-1-3-4-2-6/h1-5H,7H2;1-2H,(H,3,5)(H,4,6). The Bertz CT molecular complexity index is 230. The van der Waals surface area contributed by atoms with Gasteiger partial charge in [0, 0.05) is 5.69 Å². The lowest BCUT2D eigenvalue weighted by Gasteiger charge is -1.84. The Morgan fingerprint density at radius 2 is 1.46 bits per heavy atom. The van der Waals surface area contributed by atoms with Gasteiger partial charge in [0.1, 0.15) is 0 Å². The molecule has 0 aliphatic carbocycles. The topological polar surface area (TPSA) is 84.2 Å². The van der Waals surface area contributed by atoms with E-state index in [9.17, 15) is 9.59 Å². The smallest absolute Gasteiger partial charge is 0.225 e. The van der Waals surface area contributed by atoms with Gasteiger partial charge in [-0.25, -0.2) is 0 Å². The van der Waals surface area contributed by atoms with E-state index in [2.05, 4.69) is 0 Å². The SMILES string of the molecule is Nc1ccccc1.O=CNNC=O. The summed E-state index contributed by atoms with van der Waals surface area (Å²) in [5.74, 6) is 0. The third-order valence-electron chi connectivity index (χ3n) is 1.00. The van der Waals surface area contributed by atoms with Crippen LogP contribution in [-0.2, 0) is 9.59 Å². The highest BCUT2D eigenvalue weighted by Crippen LogP contribution is 1.95. The van der Waals surface area contributed by atoms with E-state index in [0.29, 0.717) is 12.8 Å². The summed E-state index contributed by atoms with van der Waals surface area (Å²) in [7, 11) is 0. The number of hydrogen-bond donors (Lipinski definition) is 3. The number of carbonyl (C=O) groups excluding carboxylic acids is 2. The van der Waals surface area contributed by atoms with Crippen LogP contribution in [0, 0.1) is 0 Å². The minimum absolute atomic E-state index is 0.369. The van der Waals surface area contributed by atoms with Crippen molar-refractivity contribution in [3.8, 4) is 0 Å². The number of carbonyl (C=O) groups is 2. The van der Waals surface area contributed by atoms with Crippen LogP contribution in [0.15, 0.2) is 30.3 Å². The summed E-state index contributed by atoms with van der Waals surface area (Å²) >= 11 is 0. The molecule has 0 fully saturated rings. The zero-order valence-electron chi connectivity index (χ0n) is 6.94. The molecule has 0 radical (unpaired) electrons. The number of nitrogen functional groups attached to an aromatic ring is 1. The number of nitrogens with one attached hydrogen (secondary N) is 2. The highest BCUT2D eigenvalue weighted by Gasteiger charge is 1.72. The van der Waals surface area contributed by atoms with Crippen molar-refractivity contribution in [2.45, 2.75) is 0 Å². The molecule has 1 rings (SSSR count). The quantitative estimate of drug-likeness (QED) is 0.258. The minimum Gasteiger partial charge on any atom is -0.399 e. The van der Waals surface area contributed by atoms with E-state index in [4.69, 9.17) is 5.73 Å². The Hall–Kier alpha value is -2.04. The molecule has 70 valence electrons. The molecular weight excluding hydrogens is 170 g/mol. The number of benzene rings is 1. The molecule has 5 nitrogen and oxygen atoms in total. The van der Waals surface area contributed by atoms with Gasteiger partial charge in [-0.3, -0.25) is 20.4 Å². The summed E-state index contributed by atoms with van der Waals surface area (Å²) in [6.07, 6.45) is 0.739. The lowest BCUT2D eigenvalue weighted by Crippen LogP contribution is -2.28. The molecule has 0 spiro atoms. The van der Waals surface area contributed by atoms with Gasteiger partial charge in [-0.05, 0) is 12.1 Å². The van der Waals surface area contributed by atoms with E-state index in [-0.39, 0.29) is 0 Å². The fourth-order valence-corrected chi connectivity index (χ4v) is 0.521. The van der Waals surface area contributed by atoms with Crippen LogP contribution in [0.3, 0.4) is 0 Å². The Balaban J connectivity index is 0.000000226. The predicted octanol–water partition coefficient (Wildman–Crippen LogP) is -0.338. The van der Waals surface area contributed by atoms with E-state index in [1.807, 2.05) is 41.2 Å². The largest absolute Gasteiger partial charge is 0.399 e. The van der Waals surface area contributed by atoms with E-state index < -0.39 is 0 Å². The van der Waals surface area contributed by atoms with Gasteiger partial charge in [-0.15, -0.1) is 0 Å². The van der Waals surface area contributed by atoms with Gasteiger partial charge < -0.3 is 5.73 Å². The number of hydrogen-bond acceptors (Lipinski definition) is 3. The molecule has 13 heavy (non-hydrogen) atoms. The number of anilines is 1. The van der Waals surface area contributed by atoms with E-state index in [1.165, 1.54) is 0 Å². The third kappa shape index (κ3) is 7.86. The van der Waals surface area contributed by atoms with Gasteiger partial charge in [0.15, 0.2) is 0 Å². The van der Waals surface area contributed by atoms with E-state index in [0.717, 1.165) is 5.69 Å². The second kappa shape index (κ2) is 8.06. The van der Waals surface area contributed by atoms with Crippen molar-refractivity contribution in [3.05, 3.63) is 30.3 Å². The van der Waals surface area contributed by atoms with Crippen molar-refractivity contribution >= 4 is 18.5 Å². The molecule has 0 aliphatic heterocycles. The first-order valence-corrected chi connectivity index (χ1v) is 3.50. The number of para-hydroxylation sites is 1. The molecule has 1 aromatic rings. The van der Waals surface area contributed by atoms with Crippen LogP contribution in [0.25, 0.3) is 0 Å². The molecule has 0 unspecified atom stereocenters. The maximum absolute atomic E-state index is 9.23. The lowest BCUT2D eigenvalue weighted by atomic mass is 10.3. The maximum atomic E-state index is 9.23. The van der Waals surface area contributed by atoms with Gasteiger partial charge in [0.25, 0.3) is 0 Å². The molecule has 0 aromatic heterocycles. The first-order valence-electron chi connectivity index (χ1n) is 3.50. The fraction of sp³-hybridized carbons (Fsp3) is 0. The van der Waals surface area contributed by atoms with Gasteiger partial charge in [0.05, 0.1) is 0 Å². The van der Waals surface area contributed by atoms with Crippen molar-refractivity contribution in [2.75, 3.05) is 5.73 Å². The summed E-state index contributed by atoms with van der Waals surface area (Å²) in [5.41, 5.74) is 9.98. The minimum atomic E-state index is 0.369. The normalized spacial score (nSPS) is 7.38. The highest BCUT2D eigenvalue weighted by molar-refractivity contribution is 5.53. The van der Waals surface area contributed by atoms with Crippen LogP contribution < -0.4 is 16.6 Å². The Morgan fingerprint density at radius 1 is 1.00 bits per heavy atom. The molecule has 1 aromatic carbocycles. The molecular formula is C8H11N3O2. The zero-order chi connectivity index (χ0) is 9.94. The zero-order valence-corrected chi connectivity index (χ0v) is 6.94. The average Bonchev–Trinajstić information content (AvgIpc) is 2.17. The molecule has 0 bridgehead atoms. The molecule has 0 aliphatic rings. The van der Waals surface area contributed by atoms with Gasteiger partial charge in [-0.2, -0.15) is 0 Å². The third-order valence-corrected chi connectivity index (χ3v) is 1.00. The van der Waals surface area contributed by atoms with Gasteiger partial charge in [0.2, 0.25) is 12.8 Å². The molecule has 0 heterocycles.